The van der Waals surface area contributed by atoms with Gasteiger partial charge in [-0.05, 0) is 100 Å². The Balaban J connectivity index is 1.78. The minimum absolute atomic E-state index is 0.0188. The number of nitrogens with two attached hydrogens (primary N) is 5. The molecule has 0 aliphatic rings. The number of thioether (sulfide) groups is 1. The Bertz CT molecular complexity index is 3800. The molecule has 3 rings (SSSR count). The number of primary amides is 4. The lowest BCUT2D eigenvalue weighted by atomic mass is 10.0. The summed E-state index contributed by atoms with van der Waals surface area (Å²) in [4.78, 5) is 250. The Hall–Kier alpha value is -10.9. The summed E-state index contributed by atoms with van der Waals surface area (Å²) < 4.78 is 0. The molecule has 0 fully saturated rings. The first kappa shape index (κ1) is 97.3. The molecular formula is C72H114N22O18S2. The highest BCUT2D eigenvalue weighted by atomic mass is 32.2. The molecule has 0 aliphatic heterocycles. The standard InChI is InChI=1S/C72H114N22O18S2/c1-36(2)25-49(91-62(102)39(7)84-66(106)47(18-20-54(74)95)86-57(98)17-11-10-14-23-79-64(104)44(73)34-113)65(105)81-32-58(99)88-53(29-56(76)97)71(111)90-48(19-21-55(75)96)67(107)93-51(27-41-30-80-45-16-13-12-15-43(41)45)68(108)85-40(8)63(103)94-60(38(5)6)72(112)82-33-59(100)87-52(28-42-31-78-35-83-42)70(110)92-50(26-37(3)4)69(109)89-46(61(77)101)22-24-114-9/h12-13,15-16,30-31,35-40,44,46-53,60,80,113H,10-11,14,17-29,32-34,73H2,1-9H3,(H2,74,95)(H2,75,96)(H2,76,97)(H2,77,101)(H,78,83)(H,79,104)(H,81,105)(H,82,112)(H,84,106)(H,85,108)(H,86,98)(H,87,100)(H,88,99)(H,89,109)(H,90,111)(H,91,102)(H,92,110)(H,93,107)(H,94,103)/t39-,40-,44-,46-,47-,48-,49-,50-,51-,52-,53-,60-/m0/s1. The SMILES string of the molecule is CSCC[C@H](NC(=O)[C@H](CC(C)C)NC(=O)[C@H](Cc1cnc[nH]1)NC(=O)CNC(=O)[C@@H](NC(=O)[C@H](C)NC(=O)[C@H](Cc1c[nH]c2ccccc12)NC(=O)[C@H](CCC(N)=O)NC(=O)[C@H](CC(N)=O)NC(=O)CNC(=O)[C@H](CC(C)C)NC(=O)[C@H](C)NC(=O)[C@H](CCC(N)=O)NC(=O)CCCCCNC(=O)[C@@H](N)CS)C(C)C)C(N)=O. The van der Waals surface area contributed by atoms with Crippen LogP contribution in [0.5, 0.6) is 0 Å². The third kappa shape index (κ3) is 36.3. The number of rotatable bonds is 54. The van der Waals surface area contributed by atoms with Gasteiger partial charge in [-0.15, -0.1) is 0 Å². The van der Waals surface area contributed by atoms with Crippen LogP contribution >= 0.6 is 24.4 Å². The van der Waals surface area contributed by atoms with Crippen molar-refractivity contribution in [2.45, 2.75) is 218 Å². The van der Waals surface area contributed by atoms with Crippen molar-refractivity contribution in [3.8, 4) is 0 Å². The Morgan fingerprint density at radius 3 is 1.50 bits per heavy atom. The number of fused-ring (bicyclic) bond motifs is 1. The second kappa shape index (κ2) is 50.2. The fourth-order valence-corrected chi connectivity index (χ4v) is 11.9. The zero-order valence-corrected chi connectivity index (χ0v) is 67.4. The molecule has 42 heteroatoms. The second-order valence-corrected chi connectivity index (χ2v) is 30.0. The van der Waals surface area contributed by atoms with Crippen LogP contribution in [-0.4, -0.2) is 231 Å². The van der Waals surface area contributed by atoms with Gasteiger partial charge in [-0.25, -0.2) is 4.98 Å². The smallest absolute Gasteiger partial charge is 0.243 e. The highest BCUT2D eigenvalue weighted by Gasteiger charge is 2.37. The van der Waals surface area contributed by atoms with E-state index in [1.165, 1.54) is 38.1 Å². The fraction of sp³-hybridized carbons (Fsp3) is 0.597. The number of H-pyrrole nitrogens is 2. The maximum atomic E-state index is 14.5. The molecular weight excluding hydrogens is 1530 g/mol. The lowest BCUT2D eigenvalue weighted by Gasteiger charge is -2.27. The molecule has 26 N–H and O–H groups in total. The second-order valence-electron chi connectivity index (χ2n) is 28.7. The number of hydrogen-bond acceptors (Lipinski definition) is 22. The fourth-order valence-electron chi connectivity index (χ4n) is 11.3. The first-order valence-corrected chi connectivity index (χ1v) is 39.4. The van der Waals surface area contributed by atoms with Crippen LogP contribution in [0.4, 0.5) is 0 Å². The van der Waals surface area contributed by atoms with Gasteiger partial charge in [0, 0.05) is 73.4 Å². The number of benzene rings is 1. The molecule has 114 heavy (non-hydrogen) atoms. The van der Waals surface area contributed by atoms with Crippen molar-refractivity contribution >= 4 is 142 Å². The number of unbranched alkanes of at least 4 members (excludes halogenated alkanes) is 2. The molecule has 1 aromatic carbocycles. The van der Waals surface area contributed by atoms with E-state index < -0.39 is 211 Å². The van der Waals surface area contributed by atoms with E-state index in [1.807, 2.05) is 20.1 Å². The molecule has 0 saturated heterocycles. The maximum absolute atomic E-state index is 14.5. The summed E-state index contributed by atoms with van der Waals surface area (Å²) >= 11 is 5.43. The van der Waals surface area contributed by atoms with Crippen LogP contribution < -0.4 is 103 Å². The van der Waals surface area contributed by atoms with E-state index >= 15 is 0 Å². The predicted octanol–water partition coefficient (Wildman–Crippen LogP) is -5.39. The van der Waals surface area contributed by atoms with E-state index in [0.717, 1.165) is 0 Å². The van der Waals surface area contributed by atoms with Crippen LogP contribution in [0.15, 0.2) is 43.0 Å². The van der Waals surface area contributed by atoms with E-state index in [4.69, 9.17) is 28.7 Å². The summed E-state index contributed by atoms with van der Waals surface area (Å²) in [5.74, 6) is -16.1. The Morgan fingerprint density at radius 2 is 0.947 bits per heavy atom. The third-order valence-corrected chi connectivity index (χ3v) is 18.6. The average molecular weight is 1640 g/mol. The van der Waals surface area contributed by atoms with Crippen LogP contribution in [0.2, 0.25) is 0 Å². The minimum Gasteiger partial charge on any atom is -0.370 e. The number of nitrogens with zero attached hydrogens (tertiary/aromatic N) is 1. The van der Waals surface area contributed by atoms with E-state index in [1.54, 1.807) is 58.2 Å². The van der Waals surface area contributed by atoms with Crippen molar-refractivity contribution in [1.82, 2.24) is 89.4 Å². The van der Waals surface area contributed by atoms with Crippen molar-refractivity contribution in [3.63, 3.8) is 0 Å². The predicted molar refractivity (Wildman–Crippen MR) is 423 cm³/mol. The molecule has 0 unspecified atom stereocenters. The molecule has 0 spiro atoms. The minimum atomic E-state index is -1.87. The molecule has 0 aliphatic carbocycles. The summed E-state index contributed by atoms with van der Waals surface area (Å²) in [6, 6.07) is -9.46. The number of para-hydroxylation sites is 1. The van der Waals surface area contributed by atoms with Crippen LogP contribution in [0.3, 0.4) is 0 Å². The van der Waals surface area contributed by atoms with Gasteiger partial charge >= 0.3 is 0 Å². The first-order valence-electron chi connectivity index (χ1n) is 37.4. The number of carbonyl (C=O) groups is 18. The topological polar surface area (TPSA) is 650 Å². The van der Waals surface area contributed by atoms with Gasteiger partial charge in [0.25, 0.3) is 0 Å². The molecule has 18 amide bonds. The lowest BCUT2D eigenvalue weighted by molar-refractivity contribution is -0.136. The monoisotopic (exact) mass is 1640 g/mol. The van der Waals surface area contributed by atoms with Gasteiger partial charge in [0.15, 0.2) is 0 Å². The van der Waals surface area contributed by atoms with E-state index in [0.29, 0.717) is 53.7 Å². The molecule has 40 nitrogen and oxygen atoms in total. The van der Waals surface area contributed by atoms with Gasteiger partial charge in [-0.1, -0.05) is 66.2 Å². The number of aromatic nitrogens is 3. The number of imidazole rings is 1. The maximum Gasteiger partial charge on any atom is 0.243 e. The third-order valence-electron chi connectivity index (χ3n) is 17.5. The van der Waals surface area contributed by atoms with Gasteiger partial charge in [0.05, 0.1) is 31.9 Å². The summed E-state index contributed by atoms with van der Waals surface area (Å²) in [5.41, 5.74) is 29.1. The van der Waals surface area contributed by atoms with Crippen LogP contribution in [0.25, 0.3) is 10.9 Å². The van der Waals surface area contributed by atoms with Gasteiger partial charge in [0.1, 0.15) is 66.5 Å². The van der Waals surface area contributed by atoms with E-state index in [2.05, 4.69) is 102 Å². The zero-order valence-electron chi connectivity index (χ0n) is 65.7. The Morgan fingerprint density at radius 1 is 0.465 bits per heavy atom. The molecule has 2 heterocycles. The molecule has 632 valence electrons. The summed E-state index contributed by atoms with van der Waals surface area (Å²) in [6.07, 6.45) is 4.93. The van der Waals surface area contributed by atoms with Crippen molar-refractivity contribution < 1.29 is 86.3 Å². The van der Waals surface area contributed by atoms with Crippen LogP contribution in [-0.2, 0) is 99.1 Å². The Labute approximate surface area is 670 Å². The lowest BCUT2D eigenvalue weighted by Crippen LogP contribution is -2.60. The highest BCUT2D eigenvalue weighted by molar-refractivity contribution is 7.98. The number of carbonyl (C=O) groups excluding carboxylic acids is 18. The molecule has 0 saturated carbocycles. The highest BCUT2D eigenvalue weighted by Crippen LogP contribution is 2.20. The molecule has 0 radical (unpaired) electrons. The van der Waals surface area contributed by atoms with Gasteiger partial charge < -0.3 is 113 Å². The summed E-state index contributed by atoms with van der Waals surface area (Å²) in [5, 5.41) is 35.8. The molecule has 12 atom stereocenters. The first-order chi connectivity index (χ1) is 53.7. The number of thiol groups is 1. The van der Waals surface area contributed by atoms with Crippen molar-refractivity contribution in [2.24, 2.45) is 46.4 Å². The van der Waals surface area contributed by atoms with Gasteiger partial charge in [-0.2, -0.15) is 24.4 Å². The van der Waals surface area contributed by atoms with Crippen molar-refractivity contribution in [3.05, 3.63) is 54.2 Å². The molecule has 0 bridgehead atoms. The van der Waals surface area contributed by atoms with Crippen molar-refractivity contribution in [2.75, 3.05) is 37.4 Å². The number of amides is 18. The molecule has 2 aromatic heterocycles. The number of aromatic amines is 2. The van der Waals surface area contributed by atoms with Gasteiger partial charge in [0.2, 0.25) is 106 Å². The van der Waals surface area contributed by atoms with Gasteiger partial charge in [-0.3, -0.25) is 86.3 Å². The number of hydrogen-bond donors (Lipinski definition) is 22. The quantitative estimate of drug-likeness (QED) is 0.0185. The average Bonchev–Trinajstić information content (AvgIpc) is 1.70. The number of nitrogens with one attached hydrogen (secondary N) is 16. The van der Waals surface area contributed by atoms with Crippen LogP contribution in [0.1, 0.15) is 144 Å². The zero-order chi connectivity index (χ0) is 85.5. The largest absolute Gasteiger partial charge is 0.370 e. The van der Waals surface area contributed by atoms with Crippen LogP contribution in [0, 0.1) is 17.8 Å². The summed E-state index contributed by atoms with van der Waals surface area (Å²) in [6.45, 7) is 11.5. The van der Waals surface area contributed by atoms with Crippen molar-refractivity contribution in [1.29, 1.82) is 0 Å². The molecule has 3 aromatic rings. The summed E-state index contributed by atoms with van der Waals surface area (Å²) in [7, 11) is 0. The Kier molecular flexibility index (Phi) is 42.9. The van der Waals surface area contributed by atoms with E-state index in [9.17, 15) is 86.3 Å². The van der Waals surface area contributed by atoms with E-state index in [-0.39, 0.29) is 74.9 Å². The normalized spacial score (nSPS) is 14.3.